The second-order valence-corrected chi connectivity index (χ2v) is 13.7. The molecule has 0 aliphatic carbocycles. The first kappa shape index (κ1) is 61.6. The van der Waals surface area contributed by atoms with Crippen molar-refractivity contribution in [2.45, 2.75) is 117 Å². The zero-order valence-corrected chi connectivity index (χ0v) is 35.6. The van der Waals surface area contributed by atoms with Crippen molar-refractivity contribution in [3.8, 4) is 0 Å². The predicted octanol–water partition coefficient (Wildman–Crippen LogP) is 7.98. The molecule has 0 saturated carbocycles. The Morgan fingerprint density at radius 3 is 0.388 bits per heavy atom. The second-order valence-electron chi connectivity index (χ2n) is 13.7. The molecule has 0 fully saturated rings. The van der Waals surface area contributed by atoms with Gasteiger partial charge in [0.2, 0.25) is 39.3 Å². The average molecular weight is 777 g/mol. The van der Waals surface area contributed by atoms with Crippen molar-refractivity contribution in [1.82, 2.24) is 0 Å². The van der Waals surface area contributed by atoms with Crippen LogP contribution in [-0.2, 0) is 48.5 Å². The van der Waals surface area contributed by atoms with Gasteiger partial charge < -0.3 is 57.5 Å². The predicted molar refractivity (Wildman–Crippen MR) is 195 cm³/mol. The molecule has 0 aliphatic heterocycles. The Morgan fingerprint density at radius 2 is 0.367 bits per heavy atom. The third kappa shape index (κ3) is 55.0. The monoisotopic (exact) mass is 775 g/mol. The summed E-state index contributed by atoms with van der Waals surface area (Å²) in [6, 6.07) is 0. The summed E-state index contributed by atoms with van der Waals surface area (Å²) in [6.07, 6.45) is 0. The fraction of sp³-hybridized carbons (Fsp3) is 0.833. The number of nitrogens with zero attached hydrogens (tertiary/aromatic N) is 6. The van der Waals surface area contributed by atoms with Gasteiger partial charge in [0.05, 0.1) is 0 Å². The van der Waals surface area contributed by atoms with Gasteiger partial charge in [-0.05, 0) is 83.1 Å². The van der Waals surface area contributed by atoms with Crippen LogP contribution in [0.3, 0.4) is 0 Å². The van der Waals surface area contributed by atoms with Crippen LogP contribution in [0.15, 0.2) is 0 Å². The quantitative estimate of drug-likeness (QED) is 0.187. The Balaban J connectivity index is -0.0000000860. The number of methoxy groups -OCH3 is 6. The van der Waals surface area contributed by atoms with Gasteiger partial charge in [-0.15, -0.1) is 0 Å². The van der Waals surface area contributed by atoms with Crippen LogP contribution < -0.4 is 0 Å². The minimum absolute atomic E-state index is 0. The number of ether oxygens (including phenoxy) is 6. The molecule has 0 unspecified atom stereocenters. The van der Waals surface area contributed by atoms with E-state index in [-0.39, 0.29) is 53.7 Å². The molecule has 0 aliphatic rings. The van der Waals surface area contributed by atoms with E-state index in [0.717, 1.165) is 0 Å². The van der Waals surface area contributed by atoms with Crippen molar-refractivity contribution in [1.29, 1.82) is 0 Å². The van der Waals surface area contributed by atoms with Gasteiger partial charge in [-0.1, -0.05) is 0 Å². The third-order valence-corrected chi connectivity index (χ3v) is 6.07. The van der Waals surface area contributed by atoms with Crippen molar-refractivity contribution in [2.75, 3.05) is 81.9 Å². The first-order chi connectivity index (χ1) is 21.7. The van der Waals surface area contributed by atoms with Crippen LogP contribution in [0.2, 0.25) is 0 Å². The first-order valence-electron chi connectivity index (χ1n) is 15.0. The zero-order valence-electron chi connectivity index (χ0n) is 33.8. The molecule has 49 heavy (non-hydrogen) atoms. The van der Waals surface area contributed by atoms with E-state index in [4.69, 9.17) is 67.9 Å². The molecule has 0 heterocycles. The van der Waals surface area contributed by atoms with Gasteiger partial charge >= 0.3 is 0 Å². The van der Waals surface area contributed by atoms with E-state index in [2.05, 4.69) is 29.1 Å². The molecule has 0 aromatic heterocycles. The van der Waals surface area contributed by atoms with Gasteiger partial charge in [0, 0.05) is 62.8 Å². The van der Waals surface area contributed by atoms with Crippen molar-refractivity contribution < 1.29 is 48.5 Å². The Kier molecular flexibility index (Phi) is 42.5. The number of hydrogen-bond acceptors (Lipinski definition) is 6. The summed E-state index contributed by atoms with van der Waals surface area (Å²) in [4.78, 5) is 19.2. The molecule has 0 saturated heterocycles. The molecule has 0 rings (SSSR count). The molecule has 0 aromatic carbocycles. The van der Waals surface area contributed by atoms with Crippen LogP contribution in [0.5, 0.6) is 0 Å². The zero-order chi connectivity index (χ0) is 39.7. The largest absolute Gasteiger partial charge is 0.371 e. The Bertz CT molecular complexity index is 834. The summed E-state index contributed by atoms with van der Waals surface area (Å²) in [6.45, 7) is 64.4. The van der Waals surface area contributed by atoms with Gasteiger partial charge in [-0.2, -0.15) is 0 Å². The summed E-state index contributed by atoms with van der Waals surface area (Å²) >= 11 is 0. The van der Waals surface area contributed by atoms with Gasteiger partial charge in [-0.25, -0.2) is 39.4 Å². The maximum Gasteiger partial charge on any atom is 0.242 e. The fourth-order valence-electron chi connectivity index (χ4n) is 1.53. The van der Waals surface area contributed by atoms with Gasteiger partial charge in [0.15, 0.2) is 0 Å². The number of rotatable bonds is 12. The summed E-state index contributed by atoms with van der Waals surface area (Å²) in [5, 5.41) is 0. The molecule has 0 aromatic rings. The summed E-state index contributed by atoms with van der Waals surface area (Å²) in [7, 11) is 9.70. The van der Waals surface area contributed by atoms with Crippen molar-refractivity contribution >= 4 is 0 Å². The fourth-order valence-corrected chi connectivity index (χ4v) is 1.53. The molecule has 0 bridgehead atoms. The molecule has 0 amide bonds. The van der Waals surface area contributed by atoms with Crippen LogP contribution in [0.1, 0.15) is 83.1 Å². The van der Waals surface area contributed by atoms with Gasteiger partial charge in [0.1, 0.15) is 33.6 Å². The van der Waals surface area contributed by atoms with Crippen LogP contribution in [0.25, 0.3) is 29.1 Å². The van der Waals surface area contributed by atoms with E-state index < -0.39 is 0 Å². The summed E-state index contributed by atoms with van der Waals surface area (Å²) in [5.74, 6) is 0. The SMILES string of the molecule is [C-]#[N+]CC(C)(C)OC.[C-]#[N+]CC(C)(C)OC.[C-]#[N+]CC(C)(C)OC.[C-]#[N+]CC(C)(C)OC.[C-]#[N+]CC(C)(C)OC.[C-]#[N+]CC(C)(C)OC.[Tc]. The van der Waals surface area contributed by atoms with E-state index in [1.54, 1.807) is 42.7 Å². The van der Waals surface area contributed by atoms with Crippen molar-refractivity contribution in [3.05, 3.63) is 68.5 Å². The maximum atomic E-state index is 6.51. The smallest absolute Gasteiger partial charge is 0.242 e. The van der Waals surface area contributed by atoms with Crippen LogP contribution in [0.4, 0.5) is 0 Å². The molecule has 283 valence electrons. The van der Waals surface area contributed by atoms with Crippen molar-refractivity contribution in [2.24, 2.45) is 0 Å². The van der Waals surface area contributed by atoms with E-state index >= 15 is 0 Å². The standard InChI is InChI=1S/6C6H11NO.Tc/c6*1-6(2,8-4)5-7-3;/h6*5H2,1-2,4H3;. The van der Waals surface area contributed by atoms with E-state index in [1.807, 2.05) is 83.1 Å². The third-order valence-electron chi connectivity index (χ3n) is 6.07. The molecule has 1 radical (unpaired) electrons. The van der Waals surface area contributed by atoms with E-state index in [9.17, 15) is 0 Å². The van der Waals surface area contributed by atoms with Gasteiger partial charge in [0.25, 0.3) is 0 Å². The van der Waals surface area contributed by atoms with Gasteiger partial charge in [-0.3, -0.25) is 0 Å². The Labute approximate surface area is 314 Å². The minimum atomic E-state index is -0.262. The van der Waals surface area contributed by atoms with E-state index in [0.29, 0.717) is 39.3 Å². The molecule has 0 atom stereocenters. The normalized spacial score (nSPS) is 10.5. The molecule has 12 nitrogen and oxygen atoms in total. The van der Waals surface area contributed by atoms with Crippen LogP contribution in [0, 0.1) is 39.4 Å². The van der Waals surface area contributed by atoms with Crippen LogP contribution >= 0.6 is 0 Å². The van der Waals surface area contributed by atoms with Crippen LogP contribution in [-0.4, -0.2) is 116 Å². The molecule has 0 N–H and O–H groups in total. The van der Waals surface area contributed by atoms with E-state index in [1.165, 1.54) is 0 Å². The number of hydrogen-bond donors (Lipinski definition) is 0. The second kappa shape index (κ2) is 33.8. The summed E-state index contributed by atoms with van der Waals surface area (Å²) in [5.41, 5.74) is -1.57. The molecule has 0 spiro atoms. The topological polar surface area (TPSA) is 81.5 Å². The summed E-state index contributed by atoms with van der Waals surface area (Å²) < 4.78 is 29.8. The minimum Gasteiger partial charge on any atom is -0.371 e. The van der Waals surface area contributed by atoms with Crippen molar-refractivity contribution in [3.63, 3.8) is 0 Å². The molecular weight excluding hydrogens is 710 g/mol. The molecular formula is C36H66N6O6Tc. The Hall–Kier alpha value is -2.65. The molecule has 13 heteroatoms. The first-order valence-corrected chi connectivity index (χ1v) is 15.0. The maximum absolute atomic E-state index is 6.51. The average Bonchev–Trinajstić information content (AvgIpc) is 2.99. The Morgan fingerprint density at radius 1 is 0.286 bits per heavy atom.